The number of carbonyl (C=O) groups is 1. The number of benzene rings is 1. The van der Waals surface area contributed by atoms with Crippen LogP contribution in [0, 0.1) is 0 Å². The summed E-state index contributed by atoms with van der Waals surface area (Å²) in [6.45, 7) is 2.46. The minimum absolute atomic E-state index is 0.447. The normalized spacial score (nSPS) is 15.3. The highest BCUT2D eigenvalue weighted by Crippen LogP contribution is 2.37. The molecule has 100 valence electrons. The molecule has 19 heavy (non-hydrogen) atoms. The SMILES string of the molecule is C[C@@H](O)C(=O)Nc1nc2cc3c(cc2s1)OCCO3. The van der Waals surface area contributed by atoms with E-state index in [1.807, 2.05) is 6.07 Å². The lowest BCUT2D eigenvalue weighted by Crippen LogP contribution is -2.24. The summed E-state index contributed by atoms with van der Waals surface area (Å²) in [6, 6.07) is 3.64. The Hall–Kier alpha value is -1.86. The Morgan fingerprint density at radius 2 is 2.11 bits per heavy atom. The second kappa shape index (κ2) is 4.67. The van der Waals surface area contributed by atoms with Gasteiger partial charge in [0, 0.05) is 12.1 Å². The summed E-state index contributed by atoms with van der Waals surface area (Å²) in [5, 5.41) is 12.2. The maximum atomic E-state index is 11.4. The number of rotatable bonds is 2. The molecule has 0 aliphatic carbocycles. The third-order valence-corrected chi connectivity index (χ3v) is 3.60. The topological polar surface area (TPSA) is 80.7 Å². The van der Waals surface area contributed by atoms with Crippen molar-refractivity contribution in [1.82, 2.24) is 4.98 Å². The number of aliphatic hydroxyl groups is 1. The molecule has 3 rings (SSSR count). The van der Waals surface area contributed by atoms with E-state index in [1.54, 1.807) is 6.07 Å². The summed E-state index contributed by atoms with van der Waals surface area (Å²) in [6.07, 6.45) is -1.06. The van der Waals surface area contributed by atoms with Gasteiger partial charge in [0.05, 0.1) is 10.2 Å². The van der Waals surface area contributed by atoms with Crippen LogP contribution >= 0.6 is 11.3 Å². The number of amides is 1. The molecule has 6 nitrogen and oxygen atoms in total. The maximum Gasteiger partial charge on any atom is 0.254 e. The van der Waals surface area contributed by atoms with Gasteiger partial charge in [0.25, 0.3) is 5.91 Å². The van der Waals surface area contributed by atoms with Gasteiger partial charge >= 0.3 is 0 Å². The van der Waals surface area contributed by atoms with Gasteiger partial charge in [-0.3, -0.25) is 10.1 Å². The molecule has 1 aliphatic heterocycles. The van der Waals surface area contributed by atoms with Crippen LogP contribution in [0.25, 0.3) is 10.2 Å². The van der Waals surface area contributed by atoms with Crippen molar-refractivity contribution >= 4 is 32.6 Å². The minimum Gasteiger partial charge on any atom is -0.486 e. The predicted molar refractivity (Wildman–Crippen MR) is 70.9 cm³/mol. The first-order chi connectivity index (χ1) is 9.13. The number of anilines is 1. The number of nitrogens with zero attached hydrogens (tertiary/aromatic N) is 1. The first kappa shape index (κ1) is 12.2. The molecule has 1 atom stereocenters. The van der Waals surface area contributed by atoms with Gasteiger partial charge in [-0.05, 0) is 6.92 Å². The van der Waals surface area contributed by atoms with Gasteiger partial charge in [0.15, 0.2) is 16.6 Å². The molecule has 0 saturated heterocycles. The Morgan fingerprint density at radius 1 is 1.42 bits per heavy atom. The first-order valence-electron chi connectivity index (χ1n) is 5.82. The zero-order chi connectivity index (χ0) is 13.4. The molecular formula is C12H12N2O4S. The van der Waals surface area contributed by atoms with E-state index >= 15 is 0 Å². The molecule has 0 bridgehead atoms. The van der Waals surface area contributed by atoms with E-state index in [0.717, 1.165) is 10.2 Å². The summed E-state index contributed by atoms with van der Waals surface area (Å²) >= 11 is 1.33. The summed E-state index contributed by atoms with van der Waals surface area (Å²) in [5.74, 6) is 0.879. The van der Waals surface area contributed by atoms with E-state index in [-0.39, 0.29) is 0 Å². The Balaban J connectivity index is 1.94. The molecule has 0 fully saturated rings. The zero-order valence-electron chi connectivity index (χ0n) is 10.2. The number of hydrogen-bond acceptors (Lipinski definition) is 6. The molecule has 2 aromatic rings. The average molecular weight is 280 g/mol. The Labute approximate surface area is 113 Å². The monoisotopic (exact) mass is 280 g/mol. The number of aromatic nitrogens is 1. The van der Waals surface area contributed by atoms with E-state index < -0.39 is 12.0 Å². The van der Waals surface area contributed by atoms with Crippen LogP contribution in [0.5, 0.6) is 11.5 Å². The molecule has 0 radical (unpaired) electrons. The van der Waals surface area contributed by atoms with E-state index in [1.165, 1.54) is 18.3 Å². The van der Waals surface area contributed by atoms with Crippen molar-refractivity contribution in [1.29, 1.82) is 0 Å². The number of carbonyl (C=O) groups excluding carboxylic acids is 1. The van der Waals surface area contributed by atoms with Crippen molar-refractivity contribution < 1.29 is 19.4 Å². The molecule has 1 aromatic heterocycles. The van der Waals surface area contributed by atoms with Crippen LogP contribution in [0.3, 0.4) is 0 Å². The number of fused-ring (bicyclic) bond motifs is 2. The van der Waals surface area contributed by atoms with Gasteiger partial charge < -0.3 is 14.6 Å². The fraction of sp³-hybridized carbons (Fsp3) is 0.333. The number of aliphatic hydroxyl groups excluding tert-OH is 1. The Bertz CT molecular complexity index is 595. The second-order valence-electron chi connectivity index (χ2n) is 4.15. The fourth-order valence-corrected chi connectivity index (χ4v) is 2.61. The van der Waals surface area contributed by atoms with Crippen LogP contribution in [0.2, 0.25) is 0 Å². The van der Waals surface area contributed by atoms with Crippen LogP contribution in [-0.2, 0) is 4.79 Å². The van der Waals surface area contributed by atoms with Crippen molar-refractivity contribution in [3.63, 3.8) is 0 Å². The number of nitrogens with one attached hydrogen (secondary N) is 1. The van der Waals surface area contributed by atoms with Crippen molar-refractivity contribution in [2.24, 2.45) is 0 Å². The standard InChI is InChI=1S/C12H12N2O4S/c1-6(15)11(16)14-12-13-7-4-8-9(5-10(7)19-12)18-3-2-17-8/h4-6,15H,2-3H2,1H3,(H,13,14,16)/t6-/m1/s1. The van der Waals surface area contributed by atoms with Gasteiger partial charge in [-0.1, -0.05) is 11.3 Å². The highest BCUT2D eigenvalue weighted by Gasteiger charge is 2.16. The molecule has 1 aliphatic rings. The van der Waals surface area contributed by atoms with E-state index in [2.05, 4.69) is 10.3 Å². The lowest BCUT2D eigenvalue weighted by atomic mass is 10.3. The highest BCUT2D eigenvalue weighted by molar-refractivity contribution is 7.22. The van der Waals surface area contributed by atoms with Gasteiger partial charge in [-0.2, -0.15) is 0 Å². The number of thiazole rings is 1. The average Bonchev–Trinajstić information content (AvgIpc) is 2.76. The highest BCUT2D eigenvalue weighted by atomic mass is 32.1. The molecule has 1 amide bonds. The van der Waals surface area contributed by atoms with Crippen molar-refractivity contribution in [2.45, 2.75) is 13.0 Å². The second-order valence-corrected chi connectivity index (χ2v) is 5.18. The van der Waals surface area contributed by atoms with Gasteiger partial charge in [0.2, 0.25) is 0 Å². The van der Waals surface area contributed by atoms with Crippen molar-refractivity contribution in [2.75, 3.05) is 18.5 Å². The number of hydrogen-bond donors (Lipinski definition) is 2. The molecule has 0 spiro atoms. The van der Waals surface area contributed by atoms with Crippen LogP contribution in [0.15, 0.2) is 12.1 Å². The molecule has 0 unspecified atom stereocenters. The lowest BCUT2D eigenvalue weighted by molar-refractivity contribution is -0.123. The fourth-order valence-electron chi connectivity index (χ4n) is 1.73. The summed E-state index contributed by atoms with van der Waals surface area (Å²) in [7, 11) is 0. The van der Waals surface area contributed by atoms with Gasteiger partial charge in [0.1, 0.15) is 19.3 Å². The Kier molecular flexibility index (Phi) is 3.00. The first-order valence-corrected chi connectivity index (χ1v) is 6.64. The van der Waals surface area contributed by atoms with Crippen LogP contribution in [0.4, 0.5) is 5.13 Å². The quantitative estimate of drug-likeness (QED) is 0.868. The van der Waals surface area contributed by atoms with E-state index in [4.69, 9.17) is 14.6 Å². The minimum atomic E-state index is -1.06. The molecule has 2 N–H and O–H groups in total. The van der Waals surface area contributed by atoms with Gasteiger partial charge in [-0.15, -0.1) is 0 Å². The predicted octanol–water partition coefficient (Wildman–Crippen LogP) is 1.39. The van der Waals surface area contributed by atoms with Crippen molar-refractivity contribution in [3.05, 3.63) is 12.1 Å². The molecule has 0 saturated carbocycles. The number of ether oxygens (including phenoxy) is 2. The third-order valence-electron chi connectivity index (χ3n) is 2.66. The zero-order valence-corrected chi connectivity index (χ0v) is 11.0. The van der Waals surface area contributed by atoms with E-state index in [9.17, 15) is 4.79 Å². The Morgan fingerprint density at radius 3 is 2.79 bits per heavy atom. The summed E-state index contributed by atoms with van der Waals surface area (Å²) < 4.78 is 11.9. The van der Waals surface area contributed by atoms with Crippen LogP contribution in [0.1, 0.15) is 6.92 Å². The van der Waals surface area contributed by atoms with Crippen LogP contribution < -0.4 is 14.8 Å². The molecule has 2 heterocycles. The van der Waals surface area contributed by atoms with E-state index in [0.29, 0.717) is 29.8 Å². The van der Waals surface area contributed by atoms with Crippen LogP contribution in [-0.4, -0.2) is 35.3 Å². The molecule has 1 aromatic carbocycles. The summed E-state index contributed by atoms with van der Waals surface area (Å²) in [5.41, 5.74) is 0.732. The van der Waals surface area contributed by atoms with Gasteiger partial charge in [-0.25, -0.2) is 4.98 Å². The molecule has 7 heteroatoms. The molecular weight excluding hydrogens is 268 g/mol. The summed E-state index contributed by atoms with van der Waals surface area (Å²) in [4.78, 5) is 15.7. The lowest BCUT2D eigenvalue weighted by Gasteiger charge is -2.17. The maximum absolute atomic E-state index is 11.4. The smallest absolute Gasteiger partial charge is 0.254 e. The third kappa shape index (κ3) is 2.34. The largest absolute Gasteiger partial charge is 0.486 e. The van der Waals surface area contributed by atoms with Crippen molar-refractivity contribution in [3.8, 4) is 11.5 Å².